The van der Waals surface area contributed by atoms with Gasteiger partial charge in [0.05, 0.1) is 0 Å². The Balaban J connectivity index is 2.84. The fraction of sp³-hybridized carbons (Fsp3) is 0.250. The molecule has 0 aliphatic heterocycles. The molecule has 1 aromatic heterocycles. The molecular formula is C12H13NO. The Hall–Kier alpha value is -1.57. The summed E-state index contributed by atoms with van der Waals surface area (Å²) in [6.07, 6.45) is 8.23. The first-order valence-electron chi connectivity index (χ1n) is 4.69. The smallest absolute Gasteiger partial charge is 0.248 e. The maximum Gasteiger partial charge on any atom is 0.248 e. The van der Waals surface area contributed by atoms with E-state index in [4.69, 9.17) is 0 Å². The third kappa shape index (κ3) is 1.69. The lowest BCUT2D eigenvalue weighted by atomic mass is 9.93. The van der Waals surface area contributed by atoms with E-state index >= 15 is 0 Å². The first-order valence-corrected chi connectivity index (χ1v) is 4.69. The molecule has 0 saturated carbocycles. The summed E-state index contributed by atoms with van der Waals surface area (Å²) in [5.74, 6) is 0. The molecule has 1 aliphatic carbocycles. The van der Waals surface area contributed by atoms with Crippen LogP contribution in [0.3, 0.4) is 0 Å². The van der Waals surface area contributed by atoms with E-state index in [9.17, 15) is 4.79 Å². The van der Waals surface area contributed by atoms with Crippen LogP contribution in [0.5, 0.6) is 0 Å². The minimum atomic E-state index is -0.0499. The lowest BCUT2D eigenvalue weighted by Crippen LogP contribution is -2.34. The summed E-state index contributed by atoms with van der Waals surface area (Å²) in [5.41, 5.74) is -0.0578. The van der Waals surface area contributed by atoms with Gasteiger partial charge in [0.2, 0.25) is 5.56 Å². The number of fused-ring (bicyclic) bond motifs is 1. The van der Waals surface area contributed by atoms with Crippen LogP contribution in [0.2, 0.25) is 0 Å². The monoisotopic (exact) mass is 187 g/mol. The number of pyridine rings is 1. The summed E-state index contributed by atoms with van der Waals surface area (Å²) in [4.78, 5) is 14.0. The van der Waals surface area contributed by atoms with Crippen molar-refractivity contribution in [1.82, 2.24) is 4.98 Å². The van der Waals surface area contributed by atoms with E-state index in [1.165, 1.54) is 0 Å². The van der Waals surface area contributed by atoms with E-state index in [1.807, 2.05) is 18.2 Å². The Bertz CT molecular complexity index is 546. The van der Waals surface area contributed by atoms with Crippen LogP contribution < -0.4 is 16.1 Å². The quantitative estimate of drug-likeness (QED) is 0.631. The molecule has 14 heavy (non-hydrogen) atoms. The molecular weight excluding hydrogens is 174 g/mol. The highest BCUT2D eigenvalue weighted by molar-refractivity contribution is 5.46. The molecule has 1 aliphatic rings. The van der Waals surface area contributed by atoms with Gasteiger partial charge in [-0.25, -0.2) is 0 Å². The third-order valence-corrected chi connectivity index (χ3v) is 2.30. The molecule has 0 spiro atoms. The first kappa shape index (κ1) is 9.00. The lowest BCUT2D eigenvalue weighted by Gasteiger charge is -2.12. The van der Waals surface area contributed by atoms with Crippen molar-refractivity contribution >= 4 is 12.2 Å². The molecule has 2 nitrogen and oxygen atoms in total. The summed E-state index contributed by atoms with van der Waals surface area (Å²) in [6, 6.07) is 3.39. The predicted octanol–water partition coefficient (Wildman–Crippen LogP) is 0.532. The van der Waals surface area contributed by atoms with Crippen LogP contribution in [-0.2, 0) is 0 Å². The molecule has 0 saturated heterocycles. The number of allylic oxidation sites excluding steroid dienone is 2. The molecule has 0 amide bonds. The topological polar surface area (TPSA) is 32.9 Å². The Morgan fingerprint density at radius 2 is 2.07 bits per heavy atom. The zero-order valence-corrected chi connectivity index (χ0v) is 8.37. The van der Waals surface area contributed by atoms with Crippen LogP contribution in [0.4, 0.5) is 0 Å². The van der Waals surface area contributed by atoms with Crippen LogP contribution in [-0.4, -0.2) is 4.98 Å². The van der Waals surface area contributed by atoms with Crippen LogP contribution >= 0.6 is 0 Å². The Kier molecular flexibility index (Phi) is 1.92. The minimum absolute atomic E-state index is 0.00789. The van der Waals surface area contributed by atoms with Gasteiger partial charge in [-0.15, -0.1) is 0 Å². The van der Waals surface area contributed by atoms with Crippen molar-refractivity contribution in [3.05, 3.63) is 45.2 Å². The van der Waals surface area contributed by atoms with Gasteiger partial charge < -0.3 is 4.98 Å². The van der Waals surface area contributed by atoms with Crippen molar-refractivity contribution in [3.8, 4) is 0 Å². The van der Waals surface area contributed by atoms with Gasteiger partial charge in [-0.2, -0.15) is 0 Å². The largest absolute Gasteiger partial charge is 0.322 e. The highest BCUT2D eigenvalue weighted by atomic mass is 16.1. The molecule has 0 bridgehead atoms. The number of aromatic amines is 1. The summed E-state index contributed by atoms with van der Waals surface area (Å²) in [6.45, 7) is 4.22. The Morgan fingerprint density at radius 1 is 1.29 bits per heavy atom. The number of aromatic nitrogens is 1. The number of hydrogen-bond acceptors (Lipinski definition) is 1. The average Bonchev–Trinajstić information content (AvgIpc) is 2.21. The zero-order valence-electron chi connectivity index (χ0n) is 8.37. The maximum absolute atomic E-state index is 11.2. The summed E-state index contributed by atoms with van der Waals surface area (Å²) in [5, 5.41) is 1.97. The molecule has 2 heteroatoms. The average molecular weight is 187 g/mol. The van der Waals surface area contributed by atoms with Crippen LogP contribution in [0, 0.1) is 5.41 Å². The van der Waals surface area contributed by atoms with E-state index in [1.54, 1.807) is 6.07 Å². The molecule has 2 rings (SSSR count). The van der Waals surface area contributed by atoms with E-state index < -0.39 is 0 Å². The van der Waals surface area contributed by atoms with Crippen molar-refractivity contribution in [2.75, 3.05) is 0 Å². The molecule has 0 atom stereocenters. The predicted molar refractivity (Wildman–Crippen MR) is 58.2 cm³/mol. The second kappa shape index (κ2) is 2.98. The SMILES string of the molecule is CC1(C)C=CC=c2ccc(=O)[nH]c2=C1. The molecule has 0 radical (unpaired) electrons. The third-order valence-electron chi connectivity index (χ3n) is 2.30. The highest BCUT2D eigenvalue weighted by Crippen LogP contribution is 2.18. The second-order valence-electron chi connectivity index (χ2n) is 4.18. The Morgan fingerprint density at radius 3 is 2.86 bits per heavy atom. The van der Waals surface area contributed by atoms with Gasteiger partial charge in [0.1, 0.15) is 0 Å². The first-order chi connectivity index (χ1) is 6.57. The van der Waals surface area contributed by atoms with E-state index in [0.717, 1.165) is 10.6 Å². The van der Waals surface area contributed by atoms with Gasteiger partial charge in [0.25, 0.3) is 0 Å². The van der Waals surface area contributed by atoms with Gasteiger partial charge >= 0.3 is 0 Å². The van der Waals surface area contributed by atoms with Gasteiger partial charge in [-0.1, -0.05) is 38.2 Å². The fourth-order valence-electron chi connectivity index (χ4n) is 1.59. The van der Waals surface area contributed by atoms with E-state index in [0.29, 0.717) is 0 Å². The van der Waals surface area contributed by atoms with Crippen molar-refractivity contribution in [3.63, 3.8) is 0 Å². The molecule has 72 valence electrons. The molecule has 1 N–H and O–H groups in total. The normalized spacial score (nSPS) is 17.6. The summed E-state index contributed by atoms with van der Waals surface area (Å²) < 4.78 is 0. The van der Waals surface area contributed by atoms with Gasteiger partial charge in [-0.3, -0.25) is 4.79 Å². The van der Waals surface area contributed by atoms with Gasteiger partial charge in [-0.05, 0) is 11.3 Å². The van der Waals surface area contributed by atoms with Gasteiger partial charge in [0, 0.05) is 16.8 Å². The molecule has 1 heterocycles. The lowest BCUT2D eigenvalue weighted by molar-refractivity contribution is 0.668. The number of nitrogens with one attached hydrogen (secondary N) is 1. The van der Waals surface area contributed by atoms with Crippen molar-refractivity contribution in [1.29, 1.82) is 0 Å². The zero-order chi connectivity index (χ0) is 10.2. The maximum atomic E-state index is 11.2. The molecule has 0 unspecified atom stereocenters. The standard InChI is InChI=1S/C12H13NO/c1-12(2)7-3-4-9-5-6-11(14)13-10(9)8-12/h3-8H,1-2H3,(H,13,14). The Labute approximate surface area is 82.3 Å². The minimum Gasteiger partial charge on any atom is -0.322 e. The molecule has 1 aromatic rings. The van der Waals surface area contributed by atoms with Crippen molar-refractivity contribution < 1.29 is 0 Å². The summed E-state index contributed by atoms with van der Waals surface area (Å²) >= 11 is 0. The fourth-order valence-corrected chi connectivity index (χ4v) is 1.59. The molecule has 0 aromatic carbocycles. The number of H-pyrrole nitrogens is 1. The second-order valence-corrected chi connectivity index (χ2v) is 4.18. The van der Waals surface area contributed by atoms with Crippen LogP contribution in [0.15, 0.2) is 29.1 Å². The number of hydrogen-bond donors (Lipinski definition) is 1. The van der Waals surface area contributed by atoms with E-state index in [-0.39, 0.29) is 11.0 Å². The van der Waals surface area contributed by atoms with Crippen molar-refractivity contribution in [2.24, 2.45) is 5.41 Å². The summed E-state index contributed by atoms with van der Waals surface area (Å²) in [7, 11) is 0. The van der Waals surface area contributed by atoms with Crippen LogP contribution in [0.1, 0.15) is 13.8 Å². The van der Waals surface area contributed by atoms with Crippen LogP contribution in [0.25, 0.3) is 12.2 Å². The van der Waals surface area contributed by atoms with Gasteiger partial charge in [0.15, 0.2) is 0 Å². The van der Waals surface area contributed by atoms with E-state index in [2.05, 4.69) is 31.0 Å². The molecule has 0 fully saturated rings. The highest BCUT2D eigenvalue weighted by Gasteiger charge is 2.10. The number of rotatable bonds is 0. The van der Waals surface area contributed by atoms with Crippen molar-refractivity contribution in [2.45, 2.75) is 13.8 Å².